The number of aryl methyl sites for hydroxylation is 2. The van der Waals surface area contributed by atoms with Gasteiger partial charge in [0, 0.05) is 11.6 Å². The molecular weight excluding hydrogens is 152 g/mol. The SMILES string of the molecule is CCc1noc(C)c1C(C)NC. The van der Waals surface area contributed by atoms with Crippen molar-refractivity contribution in [2.24, 2.45) is 0 Å². The molecule has 0 saturated carbocycles. The Bertz CT molecular complexity index is 255. The molecule has 0 aliphatic heterocycles. The third-order valence-corrected chi connectivity index (χ3v) is 2.18. The zero-order valence-electron chi connectivity index (χ0n) is 8.14. The zero-order chi connectivity index (χ0) is 9.14. The Balaban J connectivity index is 3.01. The van der Waals surface area contributed by atoms with Gasteiger partial charge in [0.15, 0.2) is 0 Å². The van der Waals surface area contributed by atoms with Crippen LogP contribution in [0.3, 0.4) is 0 Å². The maximum Gasteiger partial charge on any atom is 0.138 e. The average molecular weight is 168 g/mol. The molecule has 1 N–H and O–H groups in total. The average Bonchev–Trinajstić information content (AvgIpc) is 2.45. The third-order valence-electron chi connectivity index (χ3n) is 2.18. The first-order valence-corrected chi connectivity index (χ1v) is 4.33. The minimum Gasteiger partial charge on any atom is -0.361 e. The second kappa shape index (κ2) is 3.72. The summed E-state index contributed by atoms with van der Waals surface area (Å²) in [5, 5.41) is 7.17. The van der Waals surface area contributed by atoms with Crippen LogP contribution in [0.25, 0.3) is 0 Å². The Hall–Kier alpha value is -0.830. The molecule has 3 heteroatoms. The lowest BCUT2D eigenvalue weighted by Gasteiger charge is -2.09. The Labute approximate surface area is 73.1 Å². The molecule has 1 aromatic rings. The number of nitrogens with zero attached hydrogens (tertiary/aromatic N) is 1. The van der Waals surface area contributed by atoms with E-state index >= 15 is 0 Å². The summed E-state index contributed by atoms with van der Waals surface area (Å²) in [5.41, 5.74) is 2.27. The summed E-state index contributed by atoms with van der Waals surface area (Å²) in [7, 11) is 1.94. The predicted octanol–water partition coefficient (Wildman–Crippen LogP) is 1.83. The van der Waals surface area contributed by atoms with Crippen molar-refractivity contribution in [3.05, 3.63) is 17.0 Å². The van der Waals surface area contributed by atoms with E-state index in [-0.39, 0.29) is 0 Å². The molecule has 1 heterocycles. The molecule has 0 bridgehead atoms. The highest BCUT2D eigenvalue weighted by Gasteiger charge is 2.15. The van der Waals surface area contributed by atoms with E-state index in [9.17, 15) is 0 Å². The lowest BCUT2D eigenvalue weighted by atomic mass is 10.1. The summed E-state index contributed by atoms with van der Waals surface area (Å²) in [6.45, 7) is 6.15. The Kier molecular flexibility index (Phi) is 2.87. The summed E-state index contributed by atoms with van der Waals surface area (Å²) in [5.74, 6) is 0.925. The molecule has 1 unspecified atom stereocenters. The van der Waals surface area contributed by atoms with Crippen LogP contribution in [0.15, 0.2) is 4.52 Å². The molecule has 0 aromatic carbocycles. The number of aromatic nitrogens is 1. The van der Waals surface area contributed by atoms with Gasteiger partial charge in [-0.1, -0.05) is 12.1 Å². The summed E-state index contributed by atoms with van der Waals surface area (Å²) in [6.07, 6.45) is 0.929. The lowest BCUT2D eigenvalue weighted by molar-refractivity contribution is 0.389. The summed E-state index contributed by atoms with van der Waals surface area (Å²) in [6, 6.07) is 0.325. The maximum atomic E-state index is 5.12. The van der Waals surface area contributed by atoms with E-state index in [1.54, 1.807) is 0 Å². The largest absolute Gasteiger partial charge is 0.361 e. The molecule has 12 heavy (non-hydrogen) atoms. The van der Waals surface area contributed by atoms with Gasteiger partial charge in [-0.15, -0.1) is 0 Å². The van der Waals surface area contributed by atoms with Crippen LogP contribution in [0.1, 0.15) is 36.9 Å². The molecule has 0 saturated heterocycles. The molecule has 1 aromatic heterocycles. The van der Waals surface area contributed by atoms with Crippen LogP contribution in [-0.2, 0) is 6.42 Å². The quantitative estimate of drug-likeness (QED) is 0.748. The van der Waals surface area contributed by atoms with Gasteiger partial charge in [-0.05, 0) is 27.3 Å². The molecule has 0 amide bonds. The zero-order valence-corrected chi connectivity index (χ0v) is 8.14. The first kappa shape index (κ1) is 9.26. The van der Waals surface area contributed by atoms with Crippen molar-refractivity contribution < 1.29 is 4.52 Å². The smallest absolute Gasteiger partial charge is 0.138 e. The highest BCUT2D eigenvalue weighted by atomic mass is 16.5. The van der Waals surface area contributed by atoms with Crippen LogP contribution in [0, 0.1) is 6.92 Å². The van der Waals surface area contributed by atoms with Gasteiger partial charge in [-0.3, -0.25) is 0 Å². The molecular formula is C9H16N2O. The van der Waals surface area contributed by atoms with Crippen molar-refractivity contribution in [1.82, 2.24) is 10.5 Å². The normalized spacial score (nSPS) is 13.3. The summed E-state index contributed by atoms with van der Waals surface area (Å²) >= 11 is 0. The van der Waals surface area contributed by atoms with E-state index in [0.717, 1.165) is 17.9 Å². The van der Waals surface area contributed by atoms with Gasteiger partial charge in [0.1, 0.15) is 5.76 Å². The fraction of sp³-hybridized carbons (Fsp3) is 0.667. The van der Waals surface area contributed by atoms with E-state index in [2.05, 4.69) is 24.3 Å². The Morgan fingerprint density at radius 1 is 1.58 bits per heavy atom. The van der Waals surface area contributed by atoms with Gasteiger partial charge >= 0.3 is 0 Å². The van der Waals surface area contributed by atoms with Gasteiger partial charge < -0.3 is 9.84 Å². The molecule has 3 nitrogen and oxygen atoms in total. The molecule has 68 valence electrons. The van der Waals surface area contributed by atoms with Crippen molar-refractivity contribution in [3.63, 3.8) is 0 Å². The first-order valence-electron chi connectivity index (χ1n) is 4.33. The predicted molar refractivity (Wildman–Crippen MR) is 48.1 cm³/mol. The topological polar surface area (TPSA) is 38.1 Å². The number of nitrogens with one attached hydrogen (secondary N) is 1. The number of hydrogen-bond donors (Lipinski definition) is 1. The van der Waals surface area contributed by atoms with E-state index < -0.39 is 0 Å². The van der Waals surface area contributed by atoms with Crippen LogP contribution in [0.4, 0.5) is 0 Å². The van der Waals surface area contributed by atoms with E-state index in [0.29, 0.717) is 6.04 Å². The lowest BCUT2D eigenvalue weighted by Crippen LogP contribution is -2.14. The van der Waals surface area contributed by atoms with Crippen molar-refractivity contribution in [1.29, 1.82) is 0 Å². The molecule has 0 radical (unpaired) electrons. The Morgan fingerprint density at radius 2 is 2.25 bits per heavy atom. The van der Waals surface area contributed by atoms with E-state index in [1.165, 1.54) is 5.56 Å². The van der Waals surface area contributed by atoms with Gasteiger partial charge in [-0.2, -0.15) is 0 Å². The highest BCUT2D eigenvalue weighted by molar-refractivity contribution is 5.25. The maximum absolute atomic E-state index is 5.12. The van der Waals surface area contributed by atoms with Crippen LogP contribution in [-0.4, -0.2) is 12.2 Å². The molecule has 0 aliphatic carbocycles. The van der Waals surface area contributed by atoms with Gasteiger partial charge in [-0.25, -0.2) is 0 Å². The van der Waals surface area contributed by atoms with Crippen LogP contribution >= 0.6 is 0 Å². The third kappa shape index (κ3) is 1.50. The van der Waals surface area contributed by atoms with Gasteiger partial charge in [0.2, 0.25) is 0 Å². The Morgan fingerprint density at radius 3 is 2.75 bits per heavy atom. The number of hydrogen-bond acceptors (Lipinski definition) is 3. The second-order valence-electron chi connectivity index (χ2n) is 2.96. The van der Waals surface area contributed by atoms with E-state index in [1.807, 2.05) is 14.0 Å². The van der Waals surface area contributed by atoms with Crippen molar-refractivity contribution in [3.8, 4) is 0 Å². The monoisotopic (exact) mass is 168 g/mol. The molecule has 1 rings (SSSR count). The highest BCUT2D eigenvalue weighted by Crippen LogP contribution is 2.21. The van der Waals surface area contributed by atoms with Gasteiger partial charge in [0.05, 0.1) is 5.69 Å². The van der Waals surface area contributed by atoms with Gasteiger partial charge in [0.25, 0.3) is 0 Å². The van der Waals surface area contributed by atoms with Crippen LogP contribution in [0.5, 0.6) is 0 Å². The second-order valence-corrected chi connectivity index (χ2v) is 2.96. The summed E-state index contributed by atoms with van der Waals surface area (Å²) < 4.78 is 5.12. The summed E-state index contributed by atoms with van der Waals surface area (Å²) in [4.78, 5) is 0. The molecule has 1 atom stereocenters. The van der Waals surface area contributed by atoms with Crippen molar-refractivity contribution in [2.45, 2.75) is 33.2 Å². The molecule has 0 fully saturated rings. The minimum absolute atomic E-state index is 0.325. The number of rotatable bonds is 3. The standard InChI is InChI=1S/C9H16N2O/c1-5-8-9(6(2)10-4)7(3)12-11-8/h6,10H,5H2,1-4H3. The van der Waals surface area contributed by atoms with Crippen molar-refractivity contribution in [2.75, 3.05) is 7.05 Å². The first-order chi connectivity index (χ1) is 5.70. The van der Waals surface area contributed by atoms with E-state index in [4.69, 9.17) is 4.52 Å². The van der Waals surface area contributed by atoms with Crippen molar-refractivity contribution >= 4 is 0 Å². The van der Waals surface area contributed by atoms with Crippen LogP contribution in [0.2, 0.25) is 0 Å². The van der Waals surface area contributed by atoms with Crippen LogP contribution < -0.4 is 5.32 Å². The fourth-order valence-corrected chi connectivity index (χ4v) is 1.38. The fourth-order valence-electron chi connectivity index (χ4n) is 1.38. The molecule has 0 aliphatic rings. The minimum atomic E-state index is 0.325. The molecule has 0 spiro atoms.